The summed E-state index contributed by atoms with van der Waals surface area (Å²) in [6.45, 7) is 0.672. The van der Waals surface area contributed by atoms with Crippen LogP contribution in [0.15, 0.2) is 48.9 Å². The van der Waals surface area contributed by atoms with Crippen molar-refractivity contribution in [2.45, 2.75) is 25.2 Å². The summed E-state index contributed by atoms with van der Waals surface area (Å²) in [6, 6.07) is 10.6. The van der Waals surface area contributed by atoms with Gasteiger partial charge >= 0.3 is 0 Å². The van der Waals surface area contributed by atoms with Gasteiger partial charge in [-0.2, -0.15) is 0 Å². The van der Waals surface area contributed by atoms with Crippen LogP contribution in [0.1, 0.15) is 41.2 Å². The molecule has 0 bridgehead atoms. The highest BCUT2D eigenvalue weighted by molar-refractivity contribution is 5.91. The molecular weight excluding hydrogens is 262 g/mol. The van der Waals surface area contributed by atoms with E-state index < -0.39 is 0 Å². The summed E-state index contributed by atoms with van der Waals surface area (Å²) in [5.74, 6) is 1.18. The molecule has 4 nitrogen and oxygen atoms in total. The van der Waals surface area contributed by atoms with Crippen LogP contribution < -0.4 is 5.32 Å². The molecule has 0 saturated heterocycles. The van der Waals surface area contributed by atoms with Crippen molar-refractivity contribution in [3.8, 4) is 0 Å². The molecule has 1 saturated carbocycles. The van der Waals surface area contributed by atoms with E-state index in [1.54, 1.807) is 6.20 Å². The highest BCUT2D eigenvalue weighted by atomic mass is 16.1. The number of carbonyl (C=O) groups excluding carboxylic acids is 1. The maximum Gasteiger partial charge on any atom is 0.271 e. The maximum atomic E-state index is 11.9. The molecule has 3 rings (SSSR count). The highest BCUT2D eigenvalue weighted by Crippen LogP contribution is 2.44. The molecule has 108 valence electrons. The van der Waals surface area contributed by atoms with Gasteiger partial charge in [-0.25, -0.2) is 4.98 Å². The first-order valence-corrected chi connectivity index (χ1v) is 7.44. The Balaban J connectivity index is 1.55. The zero-order valence-electron chi connectivity index (χ0n) is 11.9. The number of nitrogens with zero attached hydrogens (tertiary/aromatic N) is 2. The van der Waals surface area contributed by atoms with E-state index in [-0.39, 0.29) is 5.91 Å². The predicted molar refractivity (Wildman–Crippen MR) is 80.9 cm³/mol. The van der Waals surface area contributed by atoms with Gasteiger partial charge in [0.2, 0.25) is 0 Å². The van der Waals surface area contributed by atoms with Gasteiger partial charge in [-0.1, -0.05) is 30.3 Å². The maximum absolute atomic E-state index is 11.9. The molecule has 0 aliphatic heterocycles. The number of benzene rings is 1. The number of hydrogen-bond donors (Lipinski definition) is 1. The van der Waals surface area contributed by atoms with E-state index >= 15 is 0 Å². The standard InChI is InChI=1S/C17H19N3O/c21-17(16-12-18-10-11-19-16)20-9-8-15(14-6-7-14)13-4-2-1-3-5-13/h1-5,10-12,14-15H,6-9H2,(H,20,21). The van der Waals surface area contributed by atoms with Crippen LogP contribution in [0.3, 0.4) is 0 Å². The average Bonchev–Trinajstić information content (AvgIpc) is 3.38. The summed E-state index contributed by atoms with van der Waals surface area (Å²) in [4.78, 5) is 19.9. The Bertz CT molecular complexity index is 581. The van der Waals surface area contributed by atoms with Gasteiger partial charge in [0.05, 0.1) is 6.20 Å². The van der Waals surface area contributed by atoms with Crippen LogP contribution in [0.5, 0.6) is 0 Å². The molecule has 1 fully saturated rings. The molecule has 1 heterocycles. The van der Waals surface area contributed by atoms with Gasteiger partial charge in [-0.05, 0) is 36.7 Å². The summed E-state index contributed by atoms with van der Waals surface area (Å²) in [5.41, 5.74) is 1.76. The minimum Gasteiger partial charge on any atom is -0.351 e. The van der Waals surface area contributed by atoms with E-state index in [2.05, 4.69) is 39.6 Å². The molecule has 1 aromatic heterocycles. The van der Waals surface area contributed by atoms with Crippen molar-refractivity contribution in [2.75, 3.05) is 6.54 Å². The fourth-order valence-corrected chi connectivity index (χ4v) is 2.72. The van der Waals surface area contributed by atoms with E-state index in [0.717, 1.165) is 12.3 Å². The van der Waals surface area contributed by atoms with Crippen LogP contribution in [0.25, 0.3) is 0 Å². The Morgan fingerprint density at radius 1 is 1.24 bits per heavy atom. The smallest absolute Gasteiger partial charge is 0.271 e. The molecule has 1 aliphatic rings. The molecule has 1 aromatic carbocycles. The summed E-state index contributed by atoms with van der Waals surface area (Å²) >= 11 is 0. The largest absolute Gasteiger partial charge is 0.351 e. The lowest BCUT2D eigenvalue weighted by Gasteiger charge is -2.17. The second kappa shape index (κ2) is 6.48. The Labute approximate surface area is 124 Å². The predicted octanol–water partition coefficient (Wildman–Crippen LogP) is 2.79. The van der Waals surface area contributed by atoms with Crippen molar-refractivity contribution in [1.82, 2.24) is 15.3 Å². The van der Waals surface area contributed by atoms with Crippen LogP contribution in [0.4, 0.5) is 0 Å². The van der Waals surface area contributed by atoms with Crippen LogP contribution in [0, 0.1) is 5.92 Å². The number of rotatable bonds is 6. The van der Waals surface area contributed by atoms with Gasteiger partial charge in [0.25, 0.3) is 5.91 Å². The van der Waals surface area contributed by atoms with Crippen molar-refractivity contribution in [3.05, 3.63) is 60.2 Å². The third kappa shape index (κ3) is 3.66. The van der Waals surface area contributed by atoms with Gasteiger partial charge in [0, 0.05) is 18.9 Å². The zero-order chi connectivity index (χ0) is 14.5. The molecule has 1 aliphatic carbocycles. The molecule has 1 atom stereocenters. The van der Waals surface area contributed by atoms with Gasteiger partial charge in [0.1, 0.15) is 5.69 Å². The lowest BCUT2D eigenvalue weighted by atomic mass is 9.91. The quantitative estimate of drug-likeness (QED) is 0.885. The van der Waals surface area contributed by atoms with Gasteiger partial charge in [-0.15, -0.1) is 0 Å². The van der Waals surface area contributed by atoms with Crippen LogP contribution in [-0.2, 0) is 0 Å². The van der Waals surface area contributed by atoms with E-state index in [1.807, 2.05) is 6.07 Å². The Morgan fingerprint density at radius 2 is 2.05 bits per heavy atom. The van der Waals surface area contributed by atoms with Gasteiger partial charge < -0.3 is 5.32 Å². The van der Waals surface area contributed by atoms with Crippen LogP contribution in [-0.4, -0.2) is 22.4 Å². The van der Waals surface area contributed by atoms with E-state index in [1.165, 1.54) is 30.8 Å². The van der Waals surface area contributed by atoms with Crippen molar-refractivity contribution in [1.29, 1.82) is 0 Å². The van der Waals surface area contributed by atoms with Crippen molar-refractivity contribution in [3.63, 3.8) is 0 Å². The molecule has 1 amide bonds. The van der Waals surface area contributed by atoms with E-state index in [9.17, 15) is 4.79 Å². The fourth-order valence-electron chi connectivity index (χ4n) is 2.72. The highest BCUT2D eigenvalue weighted by Gasteiger charge is 2.31. The lowest BCUT2D eigenvalue weighted by Crippen LogP contribution is -2.26. The molecule has 1 unspecified atom stereocenters. The molecule has 2 aromatic rings. The van der Waals surface area contributed by atoms with E-state index in [4.69, 9.17) is 0 Å². The summed E-state index contributed by atoms with van der Waals surface area (Å²) in [6.07, 6.45) is 8.17. The minimum absolute atomic E-state index is 0.147. The van der Waals surface area contributed by atoms with Crippen molar-refractivity contribution in [2.24, 2.45) is 5.92 Å². The molecular formula is C17H19N3O. The summed E-state index contributed by atoms with van der Waals surface area (Å²) in [7, 11) is 0. The van der Waals surface area contributed by atoms with Crippen molar-refractivity contribution < 1.29 is 4.79 Å². The third-order valence-electron chi connectivity index (χ3n) is 3.96. The topological polar surface area (TPSA) is 54.9 Å². The number of carbonyl (C=O) groups is 1. The minimum atomic E-state index is -0.147. The van der Waals surface area contributed by atoms with E-state index in [0.29, 0.717) is 18.2 Å². The van der Waals surface area contributed by atoms with Gasteiger partial charge in [0.15, 0.2) is 0 Å². The fraction of sp³-hybridized carbons (Fsp3) is 0.353. The number of hydrogen-bond acceptors (Lipinski definition) is 3. The molecule has 0 spiro atoms. The lowest BCUT2D eigenvalue weighted by molar-refractivity contribution is 0.0946. The van der Waals surface area contributed by atoms with Gasteiger partial charge in [-0.3, -0.25) is 9.78 Å². The molecule has 21 heavy (non-hydrogen) atoms. The van der Waals surface area contributed by atoms with Crippen LogP contribution in [0.2, 0.25) is 0 Å². The Hall–Kier alpha value is -2.23. The first kappa shape index (κ1) is 13.7. The molecule has 1 N–H and O–H groups in total. The van der Waals surface area contributed by atoms with Crippen molar-refractivity contribution >= 4 is 5.91 Å². The SMILES string of the molecule is O=C(NCCC(c1ccccc1)C1CC1)c1cnccn1. The Kier molecular flexibility index (Phi) is 4.24. The molecule has 4 heteroatoms. The monoisotopic (exact) mass is 281 g/mol. The number of aromatic nitrogens is 2. The third-order valence-corrected chi connectivity index (χ3v) is 3.96. The first-order chi connectivity index (χ1) is 10.3. The summed E-state index contributed by atoms with van der Waals surface area (Å²) in [5, 5.41) is 2.94. The Morgan fingerprint density at radius 3 is 2.71 bits per heavy atom. The second-order valence-corrected chi connectivity index (χ2v) is 5.49. The normalized spacial score (nSPS) is 15.4. The zero-order valence-corrected chi connectivity index (χ0v) is 11.9. The first-order valence-electron chi connectivity index (χ1n) is 7.44. The second-order valence-electron chi connectivity index (χ2n) is 5.49. The molecule has 0 radical (unpaired) electrons. The number of nitrogens with one attached hydrogen (secondary N) is 1. The average molecular weight is 281 g/mol. The number of amides is 1. The van der Waals surface area contributed by atoms with Crippen LogP contribution >= 0.6 is 0 Å². The summed E-state index contributed by atoms with van der Waals surface area (Å²) < 4.78 is 0.